The van der Waals surface area contributed by atoms with Crippen LogP contribution in [-0.2, 0) is 9.53 Å². The molecule has 0 spiro atoms. The fourth-order valence-corrected chi connectivity index (χ4v) is 1.99. The number of urea groups is 1. The van der Waals surface area contributed by atoms with E-state index in [2.05, 4.69) is 10.6 Å². The Hall–Kier alpha value is -2.89. The highest BCUT2D eigenvalue weighted by Crippen LogP contribution is 2.16. The monoisotopic (exact) mass is 314 g/mol. The highest BCUT2D eigenvalue weighted by atomic mass is 16.5. The number of ether oxygens (including phenoxy) is 1. The average molecular weight is 314 g/mol. The van der Waals surface area contributed by atoms with Gasteiger partial charge in [-0.25, -0.2) is 9.59 Å². The van der Waals surface area contributed by atoms with E-state index >= 15 is 0 Å². The van der Waals surface area contributed by atoms with Crippen LogP contribution in [-0.4, -0.2) is 30.6 Å². The third-order valence-corrected chi connectivity index (χ3v) is 2.99. The molecule has 6 heteroatoms. The van der Waals surface area contributed by atoms with Crippen LogP contribution in [0.1, 0.15) is 24.2 Å². The summed E-state index contributed by atoms with van der Waals surface area (Å²) in [6.07, 6.45) is 0. The molecular weight excluding hydrogens is 296 g/mol. The van der Waals surface area contributed by atoms with E-state index in [0.29, 0.717) is 5.56 Å². The van der Waals surface area contributed by atoms with Crippen LogP contribution in [0.25, 0.3) is 10.8 Å². The second kappa shape index (κ2) is 7.40. The molecule has 0 fully saturated rings. The van der Waals surface area contributed by atoms with Gasteiger partial charge in [0.1, 0.15) is 0 Å². The van der Waals surface area contributed by atoms with Crippen LogP contribution in [0.15, 0.2) is 42.5 Å². The Morgan fingerprint density at radius 1 is 1.04 bits per heavy atom. The Kier molecular flexibility index (Phi) is 5.30. The van der Waals surface area contributed by atoms with Crippen LogP contribution < -0.4 is 10.6 Å². The van der Waals surface area contributed by atoms with Crippen LogP contribution in [0.5, 0.6) is 0 Å². The van der Waals surface area contributed by atoms with Gasteiger partial charge in [0.2, 0.25) is 0 Å². The summed E-state index contributed by atoms with van der Waals surface area (Å²) in [7, 11) is 0. The van der Waals surface area contributed by atoms with Crippen molar-refractivity contribution in [1.82, 2.24) is 10.6 Å². The average Bonchev–Trinajstić information content (AvgIpc) is 2.51. The first-order valence-electron chi connectivity index (χ1n) is 7.22. The fourth-order valence-electron chi connectivity index (χ4n) is 1.99. The van der Waals surface area contributed by atoms with Crippen molar-refractivity contribution in [2.24, 2.45) is 0 Å². The number of amides is 3. The molecule has 120 valence electrons. The van der Waals surface area contributed by atoms with Gasteiger partial charge in [-0.15, -0.1) is 0 Å². The van der Waals surface area contributed by atoms with E-state index in [9.17, 15) is 14.4 Å². The molecule has 0 unspecified atom stereocenters. The molecule has 2 aromatic carbocycles. The molecule has 0 saturated heterocycles. The fraction of sp³-hybridized carbons (Fsp3) is 0.235. The Labute approximate surface area is 133 Å². The highest BCUT2D eigenvalue weighted by molar-refractivity contribution is 5.98. The van der Waals surface area contributed by atoms with Gasteiger partial charge in [0.05, 0.1) is 5.56 Å². The largest absolute Gasteiger partial charge is 0.452 e. The first-order chi connectivity index (χ1) is 11.0. The van der Waals surface area contributed by atoms with Crippen molar-refractivity contribution in [2.45, 2.75) is 19.9 Å². The summed E-state index contributed by atoms with van der Waals surface area (Å²) < 4.78 is 4.91. The van der Waals surface area contributed by atoms with Crippen LogP contribution in [0, 0.1) is 0 Å². The maximum Gasteiger partial charge on any atom is 0.338 e. The molecule has 0 bridgehead atoms. The first kappa shape index (κ1) is 16.5. The van der Waals surface area contributed by atoms with E-state index in [1.807, 2.05) is 30.3 Å². The van der Waals surface area contributed by atoms with Crippen LogP contribution in [0.2, 0.25) is 0 Å². The molecule has 0 aliphatic rings. The summed E-state index contributed by atoms with van der Waals surface area (Å²) in [4.78, 5) is 34.8. The molecule has 0 aliphatic heterocycles. The molecule has 2 rings (SSSR count). The number of hydrogen-bond acceptors (Lipinski definition) is 4. The lowest BCUT2D eigenvalue weighted by Gasteiger charge is -2.09. The minimum absolute atomic E-state index is 0.0945. The summed E-state index contributed by atoms with van der Waals surface area (Å²) in [5, 5.41) is 6.50. The number of carbonyl (C=O) groups is 3. The van der Waals surface area contributed by atoms with Crippen molar-refractivity contribution in [2.75, 3.05) is 6.61 Å². The molecule has 2 aromatic rings. The third-order valence-electron chi connectivity index (χ3n) is 2.99. The van der Waals surface area contributed by atoms with Crippen molar-refractivity contribution in [3.8, 4) is 0 Å². The number of hydrogen-bond donors (Lipinski definition) is 2. The van der Waals surface area contributed by atoms with Gasteiger partial charge in [0, 0.05) is 6.04 Å². The predicted molar refractivity (Wildman–Crippen MR) is 86.0 cm³/mol. The van der Waals surface area contributed by atoms with Gasteiger partial charge in [-0.2, -0.15) is 0 Å². The zero-order chi connectivity index (χ0) is 16.8. The Morgan fingerprint density at radius 3 is 2.43 bits per heavy atom. The predicted octanol–water partition coefficient (Wildman–Crippen LogP) is 2.23. The van der Waals surface area contributed by atoms with E-state index in [1.165, 1.54) is 0 Å². The second-order valence-corrected chi connectivity index (χ2v) is 5.31. The number of carbonyl (C=O) groups excluding carboxylic acids is 3. The summed E-state index contributed by atoms with van der Waals surface area (Å²) in [5.74, 6) is -1.30. The minimum atomic E-state index is -0.683. The molecule has 0 aliphatic carbocycles. The number of imide groups is 1. The number of nitrogens with one attached hydrogen (secondary N) is 2. The Morgan fingerprint density at radius 2 is 1.74 bits per heavy atom. The minimum Gasteiger partial charge on any atom is -0.452 e. The standard InChI is InChI=1S/C17H18N2O4/c1-11(2)18-17(22)19-15(20)10-23-16(21)14-8-7-12-5-3-4-6-13(12)9-14/h3-9,11H,10H2,1-2H3,(H2,18,19,20,22). The molecule has 2 N–H and O–H groups in total. The van der Waals surface area contributed by atoms with Crippen molar-refractivity contribution in [3.05, 3.63) is 48.0 Å². The quantitative estimate of drug-likeness (QED) is 0.848. The molecule has 0 heterocycles. The zero-order valence-electron chi connectivity index (χ0n) is 13.0. The number of fused-ring (bicyclic) bond motifs is 1. The smallest absolute Gasteiger partial charge is 0.338 e. The topological polar surface area (TPSA) is 84.5 Å². The van der Waals surface area contributed by atoms with Crippen molar-refractivity contribution >= 4 is 28.7 Å². The first-order valence-corrected chi connectivity index (χ1v) is 7.22. The third kappa shape index (κ3) is 4.81. The van der Waals surface area contributed by atoms with Crippen LogP contribution in [0.4, 0.5) is 4.79 Å². The van der Waals surface area contributed by atoms with Gasteiger partial charge in [-0.1, -0.05) is 30.3 Å². The number of benzene rings is 2. The van der Waals surface area contributed by atoms with Crippen molar-refractivity contribution in [1.29, 1.82) is 0 Å². The molecule has 3 amide bonds. The molecule has 0 saturated carbocycles. The maximum absolute atomic E-state index is 12.0. The summed E-state index contributed by atoms with van der Waals surface area (Å²) >= 11 is 0. The number of rotatable bonds is 4. The van der Waals surface area contributed by atoms with E-state index in [1.54, 1.807) is 26.0 Å². The highest BCUT2D eigenvalue weighted by Gasteiger charge is 2.13. The van der Waals surface area contributed by atoms with Gasteiger partial charge in [-0.3, -0.25) is 10.1 Å². The van der Waals surface area contributed by atoms with Crippen LogP contribution >= 0.6 is 0 Å². The zero-order valence-corrected chi connectivity index (χ0v) is 13.0. The Bertz CT molecular complexity index is 740. The summed E-state index contributed by atoms with van der Waals surface area (Å²) in [5.41, 5.74) is 0.350. The van der Waals surface area contributed by atoms with Gasteiger partial charge in [0.15, 0.2) is 6.61 Å². The van der Waals surface area contributed by atoms with E-state index in [0.717, 1.165) is 10.8 Å². The number of esters is 1. The lowest BCUT2D eigenvalue weighted by molar-refractivity contribution is -0.123. The van der Waals surface area contributed by atoms with Gasteiger partial charge in [0.25, 0.3) is 5.91 Å². The lowest BCUT2D eigenvalue weighted by Crippen LogP contribution is -2.44. The molecule has 0 radical (unpaired) electrons. The maximum atomic E-state index is 12.0. The van der Waals surface area contributed by atoms with Gasteiger partial charge >= 0.3 is 12.0 Å². The molecule has 6 nitrogen and oxygen atoms in total. The molecule has 23 heavy (non-hydrogen) atoms. The summed E-state index contributed by atoms with van der Waals surface area (Å²) in [6, 6.07) is 12.0. The Balaban J connectivity index is 1.90. The van der Waals surface area contributed by atoms with Crippen molar-refractivity contribution in [3.63, 3.8) is 0 Å². The summed E-state index contributed by atoms with van der Waals surface area (Å²) in [6.45, 7) is 3.02. The molecular formula is C17H18N2O4. The SMILES string of the molecule is CC(C)NC(=O)NC(=O)COC(=O)c1ccc2ccccc2c1. The lowest BCUT2D eigenvalue weighted by atomic mass is 10.1. The van der Waals surface area contributed by atoms with Crippen molar-refractivity contribution < 1.29 is 19.1 Å². The van der Waals surface area contributed by atoms with E-state index in [-0.39, 0.29) is 6.04 Å². The van der Waals surface area contributed by atoms with E-state index < -0.39 is 24.5 Å². The molecule has 0 aromatic heterocycles. The second-order valence-electron chi connectivity index (χ2n) is 5.31. The van der Waals surface area contributed by atoms with Gasteiger partial charge < -0.3 is 10.1 Å². The van der Waals surface area contributed by atoms with Gasteiger partial charge in [-0.05, 0) is 36.8 Å². The van der Waals surface area contributed by atoms with Crippen LogP contribution in [0.3, 0.4) is 0 Å². The molecule has 0 atom stereocenters. The van der Waals surface area contributed by atoms with E-state index in [4.69, 9.17) is 4.74 Å². The normalized spacial score (nSPS) is 10.4.